The number of fused-ring (bicyclic) bond motifs is 2. The normalized spacial score (nSPS) is 29.2. The van der Waals surface area contributed by atoms with E-state index in [9.17, 15) is 13.9 Å². The van der Waals surface area contributed by atoms with Crippen LogP contribution >= 0.6 is 11.8 Å². The predicted octanol–water partition coefficient (Wildman–Crippen LogP) is 4.42. The Bertz CT molecular complexity index is 1360. The van der Waals surface area contributed by atoms with Crippen LogP contribution in [0.25, 0.3) is 11.2 Å². The van der Waals surface area contributed by atoms with Gasteiger partial charge in [0.2, 0.25) is 0 Å². The van der Waals surface area contributed by atoms with Gasteiger partial charge in [0.15, 0.2) is 39.6 Å². The predicted molar refractivity (Wildman–Crippen MR) is 142 cm³/mol. The summed E-state index contributed by atoms with van der Waals surface area (Å²) in [5.74, 6) is -0.879. The largest absolute Gasteiger partial charge is 0.394 e. The molecule has 2 N–H and O–H groups in total. The van der Waals surface area contributed by atoms with Crippen LogP contribution < -0.4 is 5.32 Å². The van der Waals surface area contributed by atoms with Crippen molar-refractivity contribution in [2.24, 2.45) is 0 Å². The summed E-state index contributed by atoms with van der Waals surface area (Å²) in [4.78, 5) is 14.4. The molecule has 0 bridgehead atoms. The Kier molecular flexibility index (Phi) is 7.25. The molecule has 1 aliphatic heterocycles. The third-order valence-corrected chi connectivity index (χ3v) is 8.54. The van der Waals surface area contributed by atoms with Gasteiger partial charge < -0.3 is 29.2 Å². The number of anilines is 1. The highest BCUT2D eigenvalue weighted by Gasteiger charge is 2.55. The van der Waals surface area contributed by atoms with Gasteiger partial charge in [0, 0.05) is 17.7 Å². The number of aliphatic hydroxyl groups is 1. The van der Waals surface area contributed by atoms with E-state index in [0.29, 0.717) is 28.6 Å². The van der Waals surface area contributed by atoms with Gasteiger partial charge in [-0.25, -0.2) is 23.7 Å². The molecule has 1 aromatic carbocycles. The van der Waals surface area contributed by atoms with Gasteiger partial charge in [-0.1, -0.05) is 24.8 Å². The molecule has 2 aromatic heterocycles. The fourth-order valence-corrected chi connectivity index (χ4v) is 6.38. The summed E-state index contributed by atoms with van der Waals surface area (Å²) in [5, 5.41) is 13.5. The van der Waals surface area contributed by atoms with E-state index in [4.69, 9.17) is 29.2 Å². The molecule has 0 unspecified atom stereocenters. The molecule has 6 rings (SSSR count). The summed E-state index contributed by atoms with van der Waals surface area (Å²) in [7, 11) is 0. The van der Waals surface area contributed by atoms with Gasteiger partial charge in [0.05, 0.1) is 31.7 Å². The van der Waals surface area contributed by atoms with Crippen molar-refractivity contribution in [1.82, 2.24) is 19.5 Å². The van der Waals surface area contributed by atoms with E-state index < -0.39 is 17.4 Å². The third kappa shape index (κ3) is 5.24. The first-order valence-electron chi connectivity index (χ1n) is 13.4. The Morgan fingerprint density at radius 1 is 1.18 bits per heavy atom. The highest BCUT2D eigenvalue weighted by molar-refractivity contribution is 7.99. The van der Waals surface area contributed by atoms with Crippen LogP contribution in [-0.4, -0.2) is 73.7 Å². The second-order valence-corrected chi connectivity index (χ2v) is 11.9. The molecule has 2 saturated carbocycles. The van der Waals surface area contributed by atoms with E-state index in [1.165, 1.54) is 12.1 Å². The maximum atomic E-state index is 13.8. The Morgan fingerprint density at radius 2 is 2.00 bits per heavy atom. The van der Waals surface area contributed by atoms with Crippen LogP contribution in [0.5, 0.6) is 0 Å². The summed E-state index contributed by atoms with van der Waals surface area (Å²) < 4.78 is 47.7. The van der Waals surface area contributed by atoms with Crippen LogP contribution in [0.2, 0.25) is 0 Å². The van der Waals surface area contributed by atoms with Crippen molar-refractivity contribution >= 4 is 28.7 Å². The minimum atomic E-state index is -0.845. The first-order chi connectivity index (χ1) is 18.8. The smallest absolute Gasteiger partial charge is 0.191 e. The number of ether oxygens (including phenoxy) is 3. The Labute approximate surface area is 229 Å². The standard InChI is InChI=1S/C27H33F2N5O4S/c1-4-9-39-26-32-24(31-18-11-15(18)14-5-6-16(28)17(29)10-14)21-25(33-26)34(13-30-21)19-12-20(36-8-7-35)23-22(19)37-27(2,3)38-23/h5-6,10,13,15,18-20,22-23,35H,4,7-9,11-12H2,1-3H3,(H,31,32,33)/t15-,18-,19-,20+,22+,23-/m1/s1. The van der Waals surface area contributed by atoms with Crippen LogP contribution in [0.1, 0.15) is 57.6 Å². The van der Waals surface area contributed by atoms with E-state index in [0.717, 1.165) is 24.2 Å². The van der Waals surface area contributed by atoms with Gasteiger partial charge in [0.1, 0.15) is 12.2 Å². The minimum Gasteiger partial charge on any atom is -0.394 e. The van der Waals surface area contributed by atoms with Gasteiger partial charge in [0.25, 0.3) is 0 Å². The number of nitrogens with zero attached hydrogens (tertiary/aromatic N) is 4. The number of aromatic nitrogens is 4. The fraction of sp³-hybridized carbons (Fsp3) is 0.593. The Balaban J connectivity index is 1.31. The summed E-state index contributed by atoms with van der Waals surface area (Å²) in [5.41, 5.74) is 2.09. The maximum absolute atomic E-state index is 13.8. The van der Waals surface area contributed by atoms with E-state index in [-0.39, 0.29) is 49.5 Å². The van der Waals surface area contributed by atoms with E-state index >= 15 is 0 Å². The van der Waals surface area contributed by atoms with Gasteiger partial charge in [-0.05, 0) is 50.8 Å². The zero-order valence-electron chi connectivity index (χ0n) is 22.1. The number of hydrogen-bond donors (Lipinski definition) is 2. The molecule has 3 fully saturated rings. The molecule has 210 valence electrons. The molecule has 0 spiro atoms. The second kappa shape index (κ2) is 10.5. The molecule has 3 aromatic rings. The summed E-state index contributed by atoms with van der Waals surface area (Å²) in [6, 6.07) is 3.97. The maximum Gasteiger partial charge on any atom is 0.191 e. The number of benzene rings is 1. The van der Waals surface area contributed by atoms with Crippen molar-refractivity contribution in [3.8, 4) is 0 Å². The quantitative estimate of drug-likeness (QED) is 0.275. The number of nitrogens with one attached hydrogen (secondary N) is 1. The summed E-state index contributed by atoms with van der Waals surface area (Å²) in [6.45, 7) is 6.05. The third-order valence-electron chi connectivity index (χ3n) is 7.48. The van der Waals surface area contributed by atoms with Crippen LogP contribution in [0, 0.1) is 11.6 Å². The second-order valence-electron chi connectivity index (χ2n) is 10.8. The Hall–Kier alpha value is -2.38. The van der Waals surface area contributed by atoms with Crippen molar-refractivity contribution in [2.75, 3.05) is 24.3 Å². The van der Waals surface area contributed by atoms with Gasteiger partial charge in [-0.2, -0.15) is 0 Å². The van der Waals surface area contributed by atoms with Gasteiger partial charge >= 0.3 is 0 Å². The van der Waals surface area contributed by atoms with Crippen LogP contribution in [0.4, 0.5) is 14.6 Å². The lowest BCUT2D eigenvalue weighted by molar-refractivity contribution is -0.170. The molecule has 0 radical (unpaired) electrons. The van der Waals surface area contributed by atoms with E-state index in [1.54, 1.807) is 24.2 Å². The molecule has 39 heavy (non-hydrogen) atoms. The molecular formula is C27H33F2N5O4S. The SMILES string of the molecule is CCCSc1nc(N[C@@H]2C[C@@H]2c2ccc(F)c(F)c2)c2ncn([C@@H]3C[C@H](OCCO)[C@H]4OC(C)(C)O[C@H]43)c2n1. The minimum absolute atomic E-state index is 0.0293. The summed E-state index contributed by atoms with van der Waals surface area (Å²) in [6.07, 6.45) is 3.39. The zero-order chi connectivity index (χ0) is 27.3. The number of aliphatic hydroxyl groups excluding tert-OH is 1. The molecule has 3 aliphatic rings. The average molecular weight is 562 g/mol. The molecule has 12 heteroatoms. The van der Waals surface area contributed by atoms with Crippen molar-refractivity contribution < 1.29 is 28.1 Å². The van der Waals surface area contributed by atoms with Crippen molar-refractivity contribution in [3.63, 3.8) is 0 Å². The lowest BCUT2D eigenvalue weighted by atomic mass is 10.1. The highest BCUT2D eigenvalue weighted by atomic mass is 32.2. The van der Waals surface area contributed by atoms with Gasteiger partial charge in [-0.3, -0.25) is 0 Å². The number of imidazole rings is 1. The van der Waals surface area contributed by atoms with Crippen LogP contribution in [0.15, 0.2) is 29.7 Å². The van der Waals surface area contributed by atoms with Crippen molar-refractivity contribution in [2.45, 2.75) is 87.3 Å². The monoisotopic (exact) mass is 561 g/mol. The summed E-state index contributed by atoms with van der Waals surface area (Å²) >= 11 is 1.58. The van der Waals surface area contributed by atoms with E-state index in [2.05, 4.69) is 12.2 Å². The molecule has 3 heterocycles. The molecule has 6 atom stereocenters. The molecule has 9 nitrogen and oxygen atoms in total. The zero-order valence-corrected chi connectivity index (χ0v) is 23.0. The van der Waals surface area contributed by atoms with Crippen molar-refractivity contribution in [3.05, 3.63) is 41.7 Å². The van der Waals surface area contributed by atoms with Crippen molar-refractivity contribution in [1.29, 1.82) is 0 Å². The topological polar surface area (TPSA) is 104 Å². The first kappa shape index (κ1) is 26.8. The molecule has 1 saturated heterocycles. The number of rotatable bonds is 10. The molecule has 0 amide bonds. The van der Waals surface area contributed by atoms with E-state index in [1.807, 2.05) is 18.4 Å². The molecular weight excluding hydrogens is 528 g/mol. The number of hydrogen-bond acceptors (Lipinski definition) is 9. The van der Waals surface area contributed by atoms with Gasteiger partial charge in [-0.15, -0.1) is 0 Å². The number of halogens is 2. The fourth-order valence-electron chi connectivity index (χ4n) is 5.69. The first-order valence-corrected chi connectivity index (χ1v) is 14.4. The highest BCUT2D eigenvalue weighted by Crippen LogP contribution is 2.47. The van der Waals surface area contributed by atoms with Crippen LogP contribution in [-0.2, 0) is 14.2 Å². The van der Waals surface area contributed by atoms with Crippen LogP contribution in [0.3, 0.4) is 0 Å². The Morgan fingerprint density at radius 3 is 2.77 bits per heavy atom. The average Bonchev–Trinajstić information content (AvgIpc) is 3.24. The number of thioether (sulfide) groups is 1. The lowest BCUT2D eigenvalue weighted by Gasteiger charge is -2.24. The lowest BCUT2D eigenvalue weighted by Crippen LogP contribution is -2.31. The molecule has 2 aliphatic carbocycles.